The van der Waals surface area contributed by atoms with Crippen molar-refractivity contribution in [3.63, 3.8) is 0 Å². The van der Waals surface area contributed by atoms with E-state index >= 15 is 0 Å². The Labute approximate surface area is 108 Å². The van der Waals surface area contributed by atoms with Gasteiger partial charge in [0.1, 0.15) is 11.6 Å². The molecule has 0 bridgehead atoms. The third kappa shape index (κ3) is 6.89. The highest BCUT2D eigenvalue weighted by molar-refractivity contribution is 5.97. The number of amides is 1. The maximum atomic E-state index is 11.6. The van der Waals surface area contributed by atoms with Crippen LogP contribution in [0.2, 0.25) is 0 Å². The van der Waals surface area contributed by atoms with E-state index in [1.165, 1.54) is 20.4 Å². The second-order valence-corrected chi connectivity index (χ2v) is 4.08. The molecule has 0 saturated carbocycles. The quantitative estimate of drug-likeness (QED) is 0.372. The molecule has 6 nitrogen and oxygen atoms in total. The van der Waals surface area contributed by atoms with E-state index in [0.29, 0.717) is 19.0 Å². The van der Waals surface area contributed by atoms with Gasteiger partial charge in [0.25, 0.3) is 5.91 Å². The average molecular weight is 255 g/mol. The Morgan fingerprint density at radius 3 is 2.39 bits per heavy atom. The molecule has 0 spiro atoms. The van der Waals surface area contributed by atoms with Crippen molar-refractivity contribution in [2.24, 2.45) is 5.92 Å². The van der Waals surface area contributed by atoms with Gasteiger partial charge in [-0.1, -0.05) is 13.8 Å². The van der Waals surface area contributed by atoms with Crippen molar-refractivity contribution in [3.8, 4) is 6.07 Å². The summed E-state index contributed by atoms with van der Waals surface area (Å²) in [6.07, 6.45) is 0.945. The zero-order chi connectivity index (χ0) is 14.0. The Morgan fingerprint density at radius 2 is 1.94 bits per heavy atom. The second-order valence-electron chi connectivity index (χ2n) is 4.08. The lowest BCUT2D eigenvalue weighted by Crippen LogP contribution is -2.30. The lowest BCUT2D eigenvalue weighted by Gasteiger charge is -2.13. The minimum absolute atomic E-state index is 0.0293. The largest absolute Gasteiger partial charge is 0.385 e. The standard InChI is InChI=1S/C12H21N3O3/c1-9(2)6-15-12(16)10(5-13)7-14-8-11(17-3)18-4/h7,9,11,14H,6,8H2,1-4H3,(H,15,16)/b10-7-. The van der Waals surface area contributed by atoms with Crippen LogP contribution in [0.3, 0.4) is 0 Å². The number of hydrogen-bond acceptors (Lipinski definition) is 5. The van der Waals surface area contributed by atoms with Crippen LogP contribution in [-0.4, -0.2) is 39.5 Å². The summed E-state index contributed by atoms with van der Waals surface area (Å²) < 4.78 is 9.91. The van der Waals surface area contributed by atoms with E-state index in [1.807, 2.05) is 19.9 Å². The summed E-state index contributed by atoms with van der Waals surface area (Å²) in [5.41, 5.74) is 0.0293. The number of hydrogen-bond donors (Lipinski definition) is 2. The lowest BCUT2D eigenvalue weighted by atomic mass is 10.2. The molecule has 0 aromatic heterocycles. The summed E-state index contributed by atoms with van der Waals surface area (Å²) in [7, 11) is 3.03. The van der Waals surface area contributed by atoms with Crippen molar-refractivity contribution in [3.05, 3.63) is 11.8 Å². The fraction of sp³-hybridized carbons (Fsp3) is 0.667. The molecule has 18 heavy (non-hydrogen) atoms. The summed E-state index contributed by atoms with van der Waals surface area (Å²) >= 11 is 0. The summed E-state index contributed by atoms with van der Waals surface area (Å²) in [5.74, 6) is -0.0432. The van der Waals surface area contributed by atoms with E-state index < -0.39 is 6.29 Å². The van der Waals surface area contributed by atoms with Gasteiger partial charge < -0.3 is 20.1 Å². The molecule has 0 saturated heterocycles. The van der Waals surface area contributed by atoms with Crippen molar-refractivity contribution in [2.45, 2.75) is 20.1 Å². The van der Waals surface area contributed by atoms with Gasteiger partial charge in [-0.2, -0.15) is 5.26 Å². The number of nitrogens with zero attached hydrogens (tertiary/aromatic N) is 1. The minimum atomic E-state index is -0.417. The third-order valence-corrected chi connectivity index (χ3v) is 2.09. The van der Waals surface area contributed by atoms with Crippen LogP contribution in [0.1, 0.15) is 13.8 Å². The zero-order valence-corrected chi connectivity index (χ0v) is 11.3. The maximum Gasteiger partial charge on any atom is 0.263 e. The van der Waals surface area contributed by atoms with E-state index in [0.717, 1.165) is 0 Å². The molecule has 0 aromatic rings. The number of nitrogens with one attached hydrogen (secondary N) is 2. The second kappa shape index (κ2) is 9.45. The maximum absolute atomic E-state index is 11.6. The Morgan fingerprint density at radius 1 is 1.33 bits per heavy atom. The van der Waals surface area contributed by atoms with Gasteiger partial charge in [0.05, 0.1) is 6.54 Å². The molecule has 0 fully saturated rings. The molecule has 6 heteroatoms. The first-order valence-electron chi connectivity index (χ1n) is 5.72. The first kappa shape index (κ1) is 16.4. The van der Waals surface area contributed by atoms with Crippen molar-refractivity contribution in [1.29, 1.82) is 5.26 Å². The van der Waals surface area contributed by atoms with Crippen LogP contribution in [0.25, 0.3) is 0 Å². The van der Waals surface area contributed by atoms with Crippen LogP contribution in [0.4, 0.5) is 0 Å². The third-order valence-electron chi connectivity index (χ3n) is 2.09. The predicted molar refractivity (Wildman–Crippen MR) is 67.4 cm³/mol. The molecule has 0 unspecified atom stereocenters. The number of carbonyl (C=O) groups excluding carboxylic acids is 1. The van der Waals surface area contributed by atoms with Gasteiger partial charge in [-0.3, -0.25) is 4.79 Å². The van der Waals surface area contributed by atoms with Gasteiger partial charge in [0, 0.05) is 27.0 Å². The number of carbonyl (C=O) groups is 1. The average Bonchev–Trinajstić information content (AvgIpc) is 2.36. The first-order chi connectivity index (χ1) is 8.54. The van der Waals surface area contributed by atoms with E-state index in [9.17, 15) is 4.79 Å². The van der Waals surface area contributed by atoms with Crippen molar-refractivity contribution >= 4 is 5.91 Å². The van der Waals surface area contributed by atoms with Gasteiger partial charge in [0.15, 0.2) is 6.29 Å². The SMILES string of the molecule is COC(CN/C=C(/C#N)C(=O)NCC(C)C)OC. The first-order valence-corrected chi connectivity index (χ1v) is 5.72. The molecule has 0 aromatic carbocycles. The van der Waals surface area contributed by atoms with Crippen LogP contribution in [0.15, 0.2) is 11.8 Å². The fourth-order valence-corrected chi connectivity index (χ4v) is 1.06. The molecule has 0 heterocycles. The number of ether oxygens (including phenoxy) is 2. The molecular formula is C12H21N3O3. The van der Waals surface area contributed by atoms with E-state index in [2.05, 4.69) is 10.6 Å². The molecule has 102 valence electrons. The highest BCUT2D eigenvalue weighted by atomic mass is 16.7. The van der Waals surface area contributed by atoms with Crippen LogP contribution >= 0.6 is 0 Å². The minimum Gasteiger partial charge on any atom is -0.385 e. The van der Waals surface area contributed by atoms with E-state index in [4.69, 9.17) is 14.7 Å². The molecule has 2 N–H and O–H groups in total. The molecule has 0 rings (SSSR count). The van der Waals surface area contributed by atoms with Crippen molar-refractivity contribution in [1.82, 2.24) is 10.6 Å². The van der Waals surface area contributed by atoms with Gasteiger partial charge in [-0.25, -0.2) is 0 Å². The molecule has 0 atom stereocenters. The predicted octanol–water partition coefficient (Wildman–Crippen LogP) is 0.375. The summed E-state index contributed by atoms with van der Waals surface area (Å²) in [5, 5.41) is 14.3. The summed E-state index contributed by atoms with van der Waals surface area (Å²) in [6.45, 7) is 4.86. The van der Waals surface area contributed by atoms with Gasteiger partial charge >= 0.3 is 0 Å². The van der Waals surface area contributed by atoms with Crippen molar-refractivity contribution < 1.29 is 14.3 Å². The molecular weight excluding hydrogens is 234 g/mol. The smallest absolute Gasteiger partial charge is 0.263 e. The Bertz CT molecular complexity index is 317. The van der Waals surface area contributed by atoms with Crippen LogP contribution < -0.4 is 10.6 Å². The van der Waals surface area contributed by atoms with Crippen molar-refractivity contribution in [2.75, 3.05) is 27.3 Å². The van der Waals surface area contributed by atoms with Crippen LogP contribution in [-0.2, 0) is 14.3 Å². The zero-order valence-electron chi connectivity index (χ0n) is 11.3. The Hall–Kier alpha value is -1.58. The topological polar surface area (TPSA) is 83.4 Å². The summed E-state index contributed by atoms with van der Waals surface area (Å²) in [6, 6.07) is 1.84. The Balaban J connectivity index is 4.23. The highest BCUT2D eigenvalue weighted by Gasteiger charge is 2.09. The normalized spacial score (nSPS) is 11.5. The van der Waals surface area contributed by atoms with Gasteiger partial charge in [-0.05, 0) is 5.92 Å². The molecule has 0 radical (unpaired) electrons. The monoisotopic (exact) mass is 255 g/mol. The molecule has 0 aliphatic heterocycles. The Kier molecular flexibility index (Phi) is 8.62. The van der Waals surface area contributed by atoms with Crippen LogP contribution in [0.5, 0.6) is 0 Å². The molecule has 0 aliphatic rings. The molecule has 0 aliphatic carbocycles. The number of nitriles is 1. The van der Waals surface area contributed by atoms with Gasteiger partial charge in [-0.15, -0.1) is 0 Å². The highest BCUT2D eigenvalue weighted by Crippen LogP contribution is 1.94. The number of rotatable bonds is 8. The lowest BCUT2D eigenvalue weighted by molar-refractivity contribution is -0.117. The van der Waals surface area contributed by atoms with Gasteiger partial charge in [0.2, 0.25) is 0 Å². The summed E-state index contributed by atoms with van der Waals surface area (Å²) in [4.78, 5) is 11.6. The van der Waals surface area contributed by atoms with E-state index in [1.54, 1.807) is 0 Å². The molecule has 1 amide bonds. The fourth-order valence-electron chi connectivity index (χ4n) is 1.06. The van der Waals surface area contributed by atoms with Crippen LogP contribution in [0, 0.1) is 17.2 Å². The number of methoxy groups -OCH3 is 2. The van der Waals surface area contributed by atoms with E-state index in [-0.39, 0.29) is 11.5 Å².